The summed E-state index contributed by atoms with van der Waals surface area (Å²) in [6.07, 6.45) is -3.63. The molecule has 0 saturated carbocycles. The Bertz CT molecular complexity index is 443. The minimum absolute atomic E-state index is 0.0802. The molecule has 0 aromatic heterocycles. The van der Waals surface area contributed by atoms with Gasteiger partial charge in [0.05, 0.1) is 12.2 Å². The molecule has 0 spiro atoms. The van der Waals surface area contributed by atoms with Crippen molar-refractivity contribution < 1.29 is 17.9 Å². The molecule has 21 heavy (non-hydrogen) atoms. The molecule has 6 heteroatoms. The Balaban J connectivity index is 1.76. The molecule has 1 aromatic carbocycles. The first-order chi connectivity index (χ1) is 9.97. The minimum Gasteiger partial charge on any atom is -0.493 e. The van der Waals surface area contributed by atoms with Crippen molar-refractivity contribution in [2.45, 2.75) is 12.6 Å². The summed E-state index contributed by atoms with van der Waals surface area (Å²) in [5, 5.41) is 0. The molecule has 0 N–H and O–H groups in total. The average molecular weight is 302 g/mol. The lowest BCUT2D eigenvalue weighted by atomic mass is 10.2. The number of para-hydroxylation sites is 1. The second kappa shape index (κ2) is 7.13. The fraction of sp³-hybridized carbons (Fsp3) is 0.600. The number of alkyl halides is 3. The monoisotopic (exact) mass is 302 g/mol. The van der Waals surface area contributed by atoms with E-state index in [-0.39, 0.29) is 5.75 Å². The third-order valence-corrected chi connectivity index (χ3v) is 3.66. The van der Waals surface area contributed by atoms with Gasteiger partial charge in [0.2, 0.25) is 0 Å². The van der Waals surface area contributed by atoms with Crippen molar-refractivity contribution in [2.24, 2.45) is 0 Å². The van der Waals surface area contributed by atoms with Crippen LogP contribution < -0.4 is 4.74 Å². The van der Waals surface area contributed by atoms with E-state index in [9.17, 15) is 13.2 Å². The maximum Gasteiger partial charge on any atom is 0.419 e. The standard InChI is InChI=1S/C15H21F3N2O/c1-19-8-10-20(11-9-19)7-4-12-21-14-6-3-2-5-13(14)15(16,17)18/h2-3,5-6H,4,7-12H2,1H3. The van der Waals surface area contributed by atoms with E-state index in [1.54, 1.807) is 6.07 Å². The van der Waals surface area contributed by atoms with Gasteiger partial charge in [0.1, 0.15) is 5.75 Å². The minimum atomic E-state index is -4.37. The summed E-state index contributed by atoms with van der Waals surface area (Å²) in [7, 11) is 2.09. The molecular weight excluding hydrogens is 281 g/mol. The van der Waals surface area contributed by atoms with E-state index < -0.39 is 11.7 Å². The van der Waals surface area contributed by atoms with Gasteiger partial charge in [-0.15, -0.1) is 0 Å². The van der Waals surface area contributed by atoms with Gasteiger partial charge in [-0.2, -0.15) is 13.2 Å². The molecule has 0 unspecified atom stereocenters. The molecule has 0 radical (unpaired) electrons. The van der Waals surface area contributed by atoms with Crippen molar-refractivity contribution in [1.29, 1.82) is 0 Å². The van der Waals surface area contributed by atoms with Crippen LogP contribution in [-0.4, -0.2) is 56.2 Å². The van der Waals surface area contributed by atoms with Gasteiger partial charge in [-0.1, -0.05) is 12.1 Å². The third-order valence-electron chi connectivity index (χ3n) is 3.66. The van der Waals surface area contributed by atoms with Gasteiger partial charge < -0.3 is 14.5 Å². The van der Waals surface area contributed by atoms with E-state index >= 15 is 0 Å². The summed E-state index contributed by atoms with van der Waals surface area (Å²) in [6, 6.07) is 5.36. The van der Waals surface area contributed by atoms with E-state index in [0.29, 0.717) is 6.61 Å². The lowest BCUT2D eigenvalue weighted by molar-refractivity contribution is -0.138. The number of nitrogens with zero attached hydrogens (tertiary/aromatic N) is 2. The van der Waals surface area contributed by atoms with E-state index in [0.717, 1.165) is 45.2 Å². The Hall–Kier alpha value is -1.27. The van der Waals surface area contributed by atoms with Crippen LogP contribution in [0.1, 0.15) is 12.0 Å². The lowest BCUT2D eigenvalue weighted by Crippen LogP contribution is -2.44. The summed E-state index contributed by atoms with van der Waals surface area (Å²) < 4.78 is 43.7. The summed E-state index contributed by atoms with van der Waals surface area (Å²) in [5.74, 6) is -0.0802. The number of hydrogen-bond acceptors (Lipinski definition) is 3. The fourth-order valence-electron chi connectivity index (χ4n) is 2.37. The molecule has 2 rings (SSSR count). The van der Waals surface area contributed by atoms with Crippen molar-refractivity contribution in [3.05, 3.63) is 29.8 Å². The fourth-order valence-corrected chi connectivity index (χ4v) is 2.37. The van der Waals surface area contributed by atoms with Crippen molar-refractivity contribution >= 4 is 0 Å². The SMILES string of the molecule is CN1CCN(CCCOc2ccccc2C(F)(F)F)CC1. The van der Waals surface area contributed by atoms with E-state index in [1.807, 2.05) is 0 Å². The van der Waals surface area contributed by atoms with Crippen LogP contribution in [0.25, 0.3) is 0 Å². The highest BCUT2D eigenvalue weighted by Gasteiger charge is 2.33. The number of halogens is 3. The highest BCUT2D eigenvalue weighted by molar-refractivity contribution is 5.35. The van der Waals surface area contributed by atoms with Crippen LogP contribution in [0.5, 0.6) is 5.75 Å². The van der Waals surface area contributed by atoms with Crippen molar-refractivity contribution in [3.8, 4) is 5.75 Å². The van der Waals surface area contributed by atoms with Crippen LogP contribution in [0.4, 0.5) is 13.2 Å². The van der Waals surface area contributed by atoms with E-state index in [1.165, 1.54) is 12.1 Å². The van der Waals surface area contributed by atoms with Crippen LogP contribution in [0, 0.1) is 0 Å². The summed E-state index contributed by atoms with van der Waals surface area (Å²) in [5.41, 5.74) is -0.704. The number of hydrogen-bond donors (Lipinski definition) is 0. The molecule has 0 aliphatic carbocycles. The Morgan fingerprint density at radius 3 is 2.43 bits per heavy atom. The first kappa shape index (κ1) is 16.1. The third kappa shape index (κ3) is 4.89. The van der Waals surface area contributed by atoms with E-state index in [2.05, 4.69) is 16.8 Å². The molecule has 3 nitrogen and oxygen atoms in total. The van der Waals surface area contributed by atoms with Crippen LogP contribution in [0.3, 0.4) is 0 Å². The van der Waals surface area contributed by atoms with Gasteiger partial charge in [-0.3, -0.25) is 0 Å². The first-order valence-electron chi connectivity index (χ1n) is 7.17. The molecule has 1 aliphatic heterocycles. The second-order valence-corrected chi connectivity index (χ2v) is 5.34. The predicted molar refractivity (Wildman–Crippen MR) is 75.5 cm³/mol. The van der Waals surface area contributed by atoms with Crippen LogP contribution in [0.15, 0.2) is 24.3 Å². The number of ether oxygens (including phenoxy) is 1. The van der Waals surface area contributed by atoms with Crippen LogP contribution >= 0.6 is 0 Å². The molecule has 1 fully saturated rings. The summed E-state index contributed by atoms with van der Waals surface area (Å²) >= 11 is 0. The van der Waals surface area contributed by atoms with Crippen molar-refractivity contribution in [3.63, 3.8) is 0 Å². The second-order valence-electron chi connectivity index (χ2n) is 5.34. The normalized spacial score (nSPS) is 17.9. The molecule has 1 aliphatic rings. The Morgan fingerprint density at radius 1 is 1.10 bits per heavy atom. The van der Waals surface area contributed by atoms with Gasteiger partial charge in [0.15, 0.2) is 0 Å². The zero-order valence-electron chi connectivity index (χ0n) is 12.2. The van der Waals surface area contributed by atoms with Gasteiger partial charge in [0, 0.05) is 32.7 Å². The maximum absolute atomic E-state index is 12.8. The molecule has 1 aromatic rings. The van der Waals surface area contributed by atoms with Gasteiger partial charge in [-0.05, 0) is 25.6 Å². The van der Waals surface area contributed by atoms with E-state index in [4.69, 9.17) is 4.74 Å². The smallest absolute Gasteiger partial charge is 0.419 e. The highest BCUT2D eigenvalue weighted by atomic mass is 19.4. The Labute approximate surface area is 123 Å². The highest BCUT2D eigenvalue weighted by Crippen LogP contribution is 2.35. The molecule has 118 valence electrons. The van der Waals surface area contributed by atoms with Crippen LogP contribution in [-0.2, 0) is 6.18 Å². The Morgan fingerprint density at radius 2 is 1.76 bits per heavy atom. The molecule has 0 amide bonds. The van der Waals surface area contributed by atoms with Crippen molar-refractivity contribution in [2.75, 3.05) is 46.4 Å². The van der Waals surface area contributed by atoms with Gasteiger partial charge >= 0.3 is 6.18 Å². The zero-order valence-corrected chi connectivity index (χ0v) is 12.2. The van der Waals surface area contributed by atoms with Gasteiger partial charge in [0.25, 0.3) is 0 Å². The lowest BCUT2D eigenvalue weighted by Gasteiger charge is -2.32. The largest absolute Gasteiger partial charge is 0.493 e. The molecular formula is C15H21F3N2O. The zero-order chi connectivity index (χ0) is 15.3. The topological polar surface area (TPSA) is 15.7 Å². The molecule has 1 heterocycles. The number of likely N-dealkylation sites (N-methyl/N-ethyl adjacent to an activating group) is 1. The molecule has 0 atom stereocenters. The van der Waals surface area contributed by atoms with Crippen molar-refractivity contribution in [1.82, 2.24) is 9.80 Å². The quantitative estimate of drug-likeness (QED) is 0.778. The average Bonchev–Trinajstić information content (AvgIpc) is 2.45. The van der Waals surface area contributed by atoms with Gasteiger partial charge in [-0.25, -0.2) is 0 Å². The number of piperazine rings is 1. The van der Waals surface area contributed by atoms with Crippen LogP contribution in [0.2, 0.25) is 0 Å². The summed E-state index contributed by atoms with van der Waals surface area (Å²) in [4.78, 5) is 4.59. The summed E-state index contributed by atoms with van der Waals surface area (Å²) in [6.45, 7) is 5.27. The maximum atomic E-state index is 12.8. The Kier molecular flexibility index (Phi) is 5.47. The molecule has 1 saturated heterocycles. The number of rotatable bonds is 5. The first-order valence-corrected chi connectivity index (χ1v) is 7.17. The number of benzene rings is 1. The molecule has 0 bridgehead atoms. The predicted octanol–water partition coefficient (Wildman–Crippen LogP) is 2.72.